The Kier molecular flexibility index (Phi) is 6.38. The summed E-state index contributed by atoms with van der Waals surface area (Å²) in [4.78, 5) is 14.9. The Hall–Kier alpha value is -1.63. The third kappa shape index (κ3) is 4.92. The fraction of sp³-hybridized carbons (Fsp3) is 0.400. The third-order valence-corrected chi connectivity index (χ3v) is 3.99. The number of nitrogens with one attached hydrogen (secondary N) is 1. The molecule has 1 heterocycles. The molecule has 0 aliphatic rings. The van der Waals surface area contributed by atoms with Gasteiger partial charge in [-0.3, -0.25) is 0 Å². The highest BCUT2D eigenvalue weighted by molar-refractivity contribution is 6.35. The Morgan fingerprint density at radius 2 is 1.87 bits per heavy atom. The van der Waals surface area contributed by atoms with E-state index in [1.165, 1.54) is 0 Å². The minimum Gasteiger partial charge on any atom is -0.368 e. The maximum Gasteiger partial charge on any atom is 0.228 e. The number of hydrogen-bond donors (Lipinski definition) is 2. The van der Waals surface area contributed by atoms with Gasteiger partial charge in [0, 0.05) is 23.7 Å². The van der Waals surface area contributed by atoms with Crippen LogP contribution in [-0.4, -0.2) is 46.0 Å². The van der Waals surface area contributed by atoms with Crippen molar-refractivity contribution in [3.8, 4) is 11.4 Å². The summed E-state index contributed by atoms with van der Waals surface area (Å²) in [6.07, 6.45) is 0. The molecule has 0 amide bonds. The van der Waals surface area contributed by atoms with Gasteiger partial charge in [-0.1, -0.05) is 37.0 Å². The van der Waals surface area contributed by atoms with Gasteiger partial charge in [0.25, 0.3) is 0 Å². The van der Waals surface area contributed by atoms with Gasteiger partial charge in [0.1, 0.15) is 0 Å². The van der Waals surface area contributed by atoms with E-state index in [4.69, 9.17) is 28.9 Å². The van der Waals surface area contributed by atoms with E-state index in [-0.39, 0.29) is 5.95 Å². The monoisotopic (exact) mass is 354 g/mol. The van der Waals surface area contributed by atoms with E-state index >= 15 is 0 Å². The molecule has 6 nitrogen and oxygen atoms in total. The van der Waals surface area contributed by atoms with Gasteiger partial charge in [-0.25, -0.2) is 0 Å². The van der Waals surface area contributed by atoms with Crippen molar-refractivity contribution in [1.82, 2.24) is 19.9 Å². The van der Waals surface area contributed by atoms with Crippen molar-refractivity contribution in [2.24, 2.45) is 0 Å². The molecule has 1 aromatic carbocycles. The molecule has 23 heavy (non-hydrogen) atoms. The first kappa shape index (κ1) is 17.7. The summed E-state index contributed by atoms with van der Waals surface area (Å²) in [5.41, 5.74) is 6.41. The molecule has 0 aliphatic heterocycles. The number of nitrogen functional groups attached to an aromatic ring is 1. The fourth-order valence-electron chi connectivity index (χ4n) is 2.13. The van der Waals surface area contributed by atoms with Crippen LogP contribution in [0.15, 0.2) is 18.2 Å². The number of anilines is 2. The van der Waals surface area contributed by atoms with Crippen LogP contribution in [-0.2, 0) is 0 Å². The average molecular weight is 355 g/mol. The summed E-state index contributed by atoms with van der Waals surface area (Å²) >= 11 is 12.2. The molecular formula is C15H20Cl2N6. The van der Waals surface area contributed by atoms with E-state index in [1.54, 1.807) is 18.2 Å². The number of nitrogens with two attached hydrogens (primary N) is 1. The van der Waals surface area contributed by atoms with Gasteiger partial charge in [-0.15, -0.1) is 0 Å². The minimum absolute atomic E-state index is 0.136. The number of aromatic nitrogens is 3. The van der Waals surface area contributed by atoms with Gasteiger partial charge in [-0.2, -0.15) is 15.0 Å². The molecule has 124 valence electrons. The molecule has 0 radical (unpaired) electrons. The molecule has 0 fully saturated rings. The van der Waals surface area contributed by atoms with Crippen LogP contribution in [0.2, 0.25) is 10.0 Å². The summed E-state index contributed by atoms with van der Waals surface area (Å²) in [6, 6.07) is 5.12. The van der Waals surface area contributed by atoms with Gasteiger partial charge in [0.05, 0.1) is 5.02 Å². The van der Waals surface area contributed by atoms with Gasteiger partial charge >= 0.3 is 0 Å². The van der Waals surface area contributed by atoms with Crippen LogP contribution in [0, 0.1) is 0 Å². The quantitative estimate of drug-likeness (QED) is 0.794. The topological polar surface area (TPSA) is 80.0 Å². The van der Waals surface area contributed by atoms with Crippen LogP contribution in [0.25, 0.3) is 11.4 Å². The van der Waals surface area contributed by atoms with E-state index < -0.39 is 0 Å². The van der Waals surface area contributed by atoms with Crippen LogP contribution in [0.3, 0.4) is 0 Å². The summed E-state index contributed by atoms with van der Waals surface area (Å²) < 4.78 is 0. The summed E-state index contributed by atoms with van der Waals surface area (Å²) in [6.45, 7) is 7.87. The smallest absolute Gasteiger partial charge is 0.228 e. The number of likely N-dealkylation sites (N-methyl/N-ethyl adjacent to an activating group) is 1. The zero-order valence-electron chi connectivity index (χ0n) is 13.2. The average Bonchev–Trinajstić information content (AvgIpc) is 2.53. The first-order chi connectivity index (χ1) is 11.0. The van der Waals surface area contributed by atoms with E-state index in [1.807, 2.05) is 0 Å². The molecule has 3 N–H and O–H groups in total. The van der Waals surface area contributed by atoms with E-state index in [9.17, 15) is 0 Å². The maximum absolute atomic E-state index is 6.19. The number of halogens is 2. The van der Waals surface area contributed by atoms with Crippen molar-refractivity contribution < 1.29 is 0 Å². The van der Waals surface area contributed by atoms with Crippen LogP contribution < -0.4 is 11.1 Å². The van der Waals surface area contributed by atoms with Gasteiger partial charge in [-0.05, 0) is 31.3 Å². The Morgan fingerprint density at radius 3 is 2.57 bits per heavy atom. The molecule has 0 saturated heterocycles. The zero-order valence-corrected chi connectivity index (χ0v) is 14.7. The second-order valence-corrected chi connectivity index (χ2v) is 5.76. The van der Waals surface area contributed by atoms with Crippen molar-refractivity contribution in [3.63, 3.8) is 0 Å². The maximum atomic E-state index is 6.19. The number of nitrogens with zero attached hydrogens (tertiary/aromatic N) is 4. The molecule has 0 spiro atoms. The molecule has 0 unspecified atom stereocenters. The fourth-order valence-corrected chi connectivity index (χ4v) is 2.50. The Bertz CT molecular complexity index is 660. The molecule has 2 rings (SSSR count). The van der Waals surface area contributed by atoms with Crippen molar-refractivity contribution >= 4 is 35.1 Å². The lowest BCUT2D eigenvalue weighted by Crippen LogP contribution is -2.29. The lowest BCUT2D eigenvalue weighted by atomic mass is 10.2. The van der Waals surface area contributed by atoms with E-state index in [2.05, 4.69) is 39.0 Å². The normalized spacial score (nSPS) is 11.0. The number of rotatable bonds is 7. The Labute approximate surface area is 146 Å². The molecular weight excluding hydrogens is 335 g/mol. The van der Waals surface area contributed by atoms with Gasteiger partial charge in [0.2, 0.25) is 11.9 Å². The van der Waals surface area contributed by atoms with Crippen LogP contribution in [0.1, 0.15) is 13.8 Å². The van der Waals surface area contributed by atoms with Crippen molar-refractivity contribution in [3.05, 3.63) is 28.2 Å². The van der Waals surface area contributed by atoms with Gasteiger partial charge in [0.15, 0.2) is 5.82 Å². The van der Waals surface area contributed by atoms with Crippen molar-refractivity contribution in [2.75, 3.05) is 37.2 Å². The lowest BCUT2D eigenvalue weighted by Gasteiger charge is -2.18. The highest BCUT2D eigenvalue weighted by Crippen LogP contribution is 2.28. The first-order valence-electron chi connectivity index (χ1n) is 7.46. The lowest BCUT2D eigenvalue weighted by molar-refractivity contribution is 0.316. The highest BCUT2D eigenvalue weighted by atomic mass is 35.5. The van der Waals surface area contributed by atoms with Crippen LogP contribution >= 0.6 is 23.2 Å². The Balaban J connectivity index is 2.17. The number of hydrogen-bond acceptors (Lipinski definition) is 6. The zero-order chi connectivity index (χ0) is 16.8. The van der Waals surface area contributed by atoms with Crippen LogP contribution in [0.5, 0.6) is 0 Å². The van der Waals surface area contributed by atoms with E-state index in [0.29, 0.717) is 33.9 Å². The van der Waals surface area contributed by atoms with Crippen molar-refractivity contribution in [2.45, 2.75) is 13.8 Å². The highest BCUT2D eigenvalue weighted by Gasteiger charge is 2.11. The predicted octanol–water partition coefficient (Wildman–Crippen LogP) is 3.18. The molecule has 0 bridgehead atoms. The first-order valence-corrected chi connectivity index (χ1v) is 8.22. The molecule has 0 atom stereocenters. The molecule has 1 aromatic heterocycles. The predicted molar refractivity (Wildman–Crippen MR) is 96.0 cm³/mol. The van der Waals surface area contributed by atoms with Crippen LogP contribution in [0.4, 0.5) is 11.9 Å². The molecule has 0 aliphatic carbocycles. The second-order valence-electron chi connectivity index (χ2n) is 4.92. The summed E-state index contributed by atoms with van der Waals surface area (Å²) in [7, 11) is 0. The van der Waals surface area contributed by atoms with Crippen molar-refractivity contribution in [1.29, 1.82) is 0 Å². The molecule has 0 saturated carbocycles. The largest absolute Gasteiger partial charge is 0.368 e. The number of benzene rings is 1. The standard InChI is InChI=1S/C15H20Cl2N6/c1-3-23(4-2)8-7-19-15-21-13(20-14(18)22-15)11-9-10(16)5-6-12(11)17/h5-6,9H,3-4,7-8H2,1-2H3,(H3,18,19,20,21,22). The van der Waals surface area contributed by atoms with Gasteiger partial charge < -0.3 is 16.0 Å². The molecule has 8 heteroatoms. The third-order valence-electron chi connectivity index (χ3n) is 3.43. The summed E-state index contributed by atoms with van der Waals surface area (Å²) in [5.74, 6) is 0.961. The SMILES string of the molecule is CCN(CC)CCNc1nc(N)nc(-c2cc(Cl)ccc2Cl)n1. The molecule has 2 aromatic rings. The summed E-state index contributed by atoms with van der Waals surface area (Å²) in [5, 5.41) is 4.23. The van der Waals surface area contributed by atoms with E-state index in [0.717, 1.165) is 19.6 Å². The second kappa shape index (κ2) is 8.29. The minimum atomic E-state index is 0.136. The Morgan fingerprint density at radius 1 is 1.13 bits per heavy atom.